The van der Waals surface area contributed by atoms with Gasteiger partial charge in [0, 0.05) is 10.5 Å². The summed E-state index contributed by atoms with van der Waals surface area (Å²) in [5.74, 6) is -0.565. The number of nitrogens with two attached hydrogens (primary N) is 1. The van der Waals surface area contributed by atoms with Crippen LogP contribution in [0.15, 0.2) is 34.8 Å². The summed E-state index contributed by atoms with van der Waals surface area (Å²) in [5.41, 5.74) is 5.26. The van der Waals surface area contributed by atoms with Gasteiger partial charge in [-0.25, -0.2) is 9.37 Å². The first-order valence-electron chi connectivity index (χ1n) is 5.10. The number of benzene rings is 1. The maximum atomic E-state index is 13.6. The second-order valence-corrected chi connectivity index (χ2v) is 4.53. The van der Waals surface area contributed by atoms with E-state index in [0.29, 0.717) is 4.47 Å². The van der Waals surface area contributed by atoms with Crippen molar-refractivity contribution in [3.8, 4) is 0 Å². The van der Waals surface area contributed by atoms with Crippen molar-refractivity contribution in [2.24, 2.45) is 0 Å². The summed E-state index contributed by atoms with van der Waals surface area (Å²) in [4.78, 5) is 14.0. The molecular weight excluding hydrogens is 319 g/mol. The minimum atomic E-state index is -0.620. The van der Waals surface area contributed by atoms with E-state index in [-0.39, 0.29) is 23.0 Å². The van der Waals surface area contributed by atoms with E-state index in [1.807, 2.05) is 0 Å². The molecule has 0 fully saturated rings. The molecule has 1 aromatic heterocycles. The number of pyridine rings is 1. The van der Waals surface area contributed by atoms with E-state index in [9.17, 15) is 14.5 Å². The molecule has 1 heterocycles. The SMILES string of the molecule is Nc1ccc([N+](=O)[O-])c(Nc2ccc(Br)cc2F)n1. The van der Waals surface area contributed by atoms with Crippen molar-refractivity contribution in [1.82, 2.24) is 4.98 Å². The van der Waals surface area contributed by atoms with Gasteiger partial charge >= 0.3 is 5.69 Å². The molecule has 98 valence electrons. The number of nitro groups is 1. The molecule has 0 amide bonds. The molecule has 3 N–H and O–H groups in total. The van der Waals surface area contributed by atoms with Crippen molar-refractivity contribution in [3.05, 3.63) is 50.7 Å². The van der Waals surface area contributed by atoms with Crippen LogP contribution in [-0.2, 0) is 0 Å². The third-order valence-corrected chi connectivity index (χ3v) is 2.77. The molecule has 0 aliphatic carbocycles. The van der Waals surface area contributed by atoms with E-state index in [1.54, 1.807) is 6.07 Å². The lowest BCUT2D eigenvalue weighted by molar-refractivity contribution is -0.384. The van der Waals surface area contributed by atoms with Crippen LogP contribution in [0.5, 0.6) is 0 Å². The zero-order valence-corrected chi connectivity index (χ0v) is 11.0. The van der Waals surface area contributed by atoms with Crippen molar-refractivity contribution >= 4 is 38.9 Å². The minimum absolute atomic E-state index is 0.0735. The Hall–Kier alpha value is -2.22. The topological polar surface area (TPSA) is 94.1 Å². The van der Waals surface area contributed by atoms with Crippen molar-refractivity contribution in [2.75, 3.05) is 11.1 Å². The molecule has 0 bridgehead atoms. The Kier molecular flexibility index (Phi) is 3.61. The summed E-state index contributed by atoms with van der Waals surface area (Å²) >= 11 is 3.12. The summed E-state index contributed by atoms with van der Waals surface area (Å²) in [7, 11) is 0. The van der Waals surface area contributed by atoms with Gasteiger partial charge in [0.2, 0.25) is 5.82 Å². The normalized spacial score (nSPS) is 10.2. The second kappa shape index (κ2) is 5.19. The number of rotatable bonds is 3. The van der Waals surface area contributed by atoms with Crippen molar-refractivity contribution in [2.45, 2.75) is 0 Å². The zero-order chi connectivity index (χ0) is 14.0. The Morgan fingerprint density at radius 2 is 2.11 bits per heavy atom. The Labute approximate surface area is 115 Å². The van der Waals surface area contributed by atoms with Gasteiger partial charge in [0.1, 0.15) is 11.6 Å². The summed E-state index contributed by atoms with van der Waals surface area (Å²) in [6.07, 6.45) is 0. The van der Waals surface area contributed by atoms with E-state index in [1.165, 1.54) is 24.3 Å². The van der Waals surface area contributed by atoms with Crippen LogP contribution in [0.3, 0.4) is 0 Å². The Balaban J connectivity index is 2.42. The fourth-order valence-corrected chi connectivity index (χ4v) is 1.76. The first-order chi connectivity index (χ1) is 8.97. The van der Waals surface area contributed by atoms with Gasteiger partial charge in [-0.05, 0) is 24.3 Å². The van der Waals surface area contributed by atoms with Gasteiger partial charge < -0.3 is 11.1 Å². The fraction of sp³-hybridized carbons (Fsp3) is 0. The largest absolute Gasteiger partial charge is 0.384 e. The first-order valence-corrected chi connectivity index (χ1v) is 5.89. The van der Waals surface area contributed by atoms with E-state index < -0.39 is 10.7 Å². The molecule has 2 aromatic rings. The van der Waals surface area contributed by atoms with Crippen molar-refractivity contribution in [1.29, 1.82) is 0 Å². The summed E-state index contributed by atoms with van der Waals surface area (Å²) < 4.78 is 14.2. The van der Waals surface area contributed by atoms with E-state index in [0.717, 1.165) is 0 Å². The van der Waals surface area contributed by atoms with E-state index in [4.69, 9.17) is 5.73 Å². The lowest BCUT2D eigenvalue weighted by atomic mass is 10.3. The molecule has 0 radical (unpaired) electrons. The molecule has 0 saturated carbocycles. The Morgan fingerprint density at radius 3 is 2.74 bits per heavy atom. The summed E-state index contributed by atoms with van der Waals surface area (Å²) in [6, 6.07) is 6.79. The predicted molar refractivity (Wildman–Crippen MR) is 72.7 cm³/mol. The van der Waals surface area contributed by atoms with E-state index in [2.05, 4.69) is 26.2 Å². The standard InChI is InChI=1S/C11H8BrFN4O2/c12-6-1-2-8(7(13)5-6)15-11-9(17(18)19)3-4-10(14)16-11/h1-5H,(H3,14,15,16). The first kappa shape index (κ1) is 13.2. The zero-order valence-electron chi connectivity index (χ0n) is 9.43. The third kappa shape index (κ3) is 2.97. The van der Waals surface area contributed by atoms with Gasteiger partial charge in [-0.1, -0.05) is 15.9 Å². The maximum absolute atomic E-state index is 13.6. The number of hydrogen-bond donors (Lipinski definition) is 2. The van der Waals surface area contributed by atoms with Crippen LogP contribution < -0.4 is 11.1 Å². The summed E-state index contributed by atoms with van der Waals surface area (Å²) in [5, 5.41) is 13.4. The van der Waals surface area contributed by atoms with Gasteiger partial charge in [-0.15, -0.1) is 0 Å². The molecule has 0 spiro atoms. The highest BCUT2D eigenvalue weighted by Crippen LogP contribution is 2.28. The number of nitrogens with one attached hydrogen (secondary N) is 1. The second-order valence-electron chi connectivity index (χ2n) is 3.61. The third-order valence-electron chi connectivity index (χ3n) is 2.28. The highest BCUT2D eigenvalue weighted by Gasteiger charge is 2.16. The molecule has 0 aliphatic rings. The number of halogens is 2. The van der Waals surface area contributed by atoms with Crippen molar-refractivity contribution in [3.63, 3.8) is 0 Å². The minimum Gasteiger partial charge on any atom is -0.384 e. The average Bonchev–Trinajstić information content (AvgIpc) is 2.32. The van der Waals surface area contributed by atoms with Crippen LogP contribution in [0.1, 0.15) is 0 Å². The van der Waals surface area contributed by atoms with Gasteiger partial charge in [0.15, 0.2) is 0 Å². The lowest BCUT2D eigenvalue weighted by Crippen LogP contribution is -2.03. The molecule has 0 atom stereocenters. The van der Waals surface area contributed by atoms with Crippen LogP contribution >= 0.6 is 15.9 Å². The molecule has 0 aliphatic heterocycles. The van der Waals surface area contributed by atoms with Crippen molar-refractivity contribution < 1.29 is 9.31 Å². The highest BCUT2D eigenvalue weighted by atomic mass is 79.9. The number of nitrogen functional groups attached to an aromatic ring is 1. The number of aromatic nitrogens is 1. The van der Waals surface area contributed by atoms with Crippen LogP contribution in [0.4, 0.5) is 27.4 Å². The number of hydrogen-bond acceptors (Lipinski definition) is 5. The van der Waals surface area contributed by atoms with Crippen LogP contribution in [-0.4, -0.2) is 9.91 Å². The van der Waals surface area contributed by atoms with Gasteiger partial charge in [-0.2, -0.15) is 0 Å². The van der Waals surface area contributed by atoms with Gasteiger partial charge in [-0.3, -0.25) is 10.1 Å². The highest BCUT2D eigenvalue weighted by molar-refractivity contribution is 9.10. The number of nitrogens with zero attached hydrogens (tertiary/aromatic N) is 2. The molecule has 2 rings (SSSR count). The number of anilines is 3. The molecular formula is C11H8BrFN4O2. The molecule has 8 heteroatoms. The smallest absolute Gasteiger partial charge is 0.311 e. The fourth-order valence-electron chi connectivity index (χ4n) is 1.42. The average molecular weight is 327 g/mol. The van der Waals surface area contributed by atoms with Crippen LogP contribution in [0, 0.1) is 15.9 Å². The lowest BCUT2D eigenvalue weighted by Gasteiger charge is -2.08. The monoisotopic (exact) mass is 326 g/mol. The van der Waals surface area contributed by atoms with Gasteiger partial charge in [0.05, 0.1) is 10.6 Å². The van der Waals surface area contributed by atoms with E-state index >= 15 is 0 Å². The molecule has 19 heavy (non-hydrogen) atoms. The predicted octanol–water partition coefficient (Wildman–Crippen LogP) is 3.22. The van der Waals surface area contributed by atoms with Gasteiger partial charge in [0.25, 0.3) is 0 Å². The molecule has 0 unspecified atom stereocenters. The molecule has 0 saturated heterocycles. The maximum Gasteiger partial charge on any atom is 0.311 e. The Bertz CT molecular complexity index is 651. The molecule has 1 aromatic carbocycles. The summed E-state index contributed by atoms with van der Waals surface area (Å²) in [6.45, 7) is 0. The Morgan fingerprint density at radius 1 is 1.37 bits per heavy atom. The molecule has 6 nitrogen and oxygen atoms in total. The van der Waals surface area contributed by atoms with Crippen LogP contribution in [0.25, 0.3) is 0 Å². The quantitative estimate of drug-likeness (QED) is 0.667. The van der Waals surface area contributed by atoms with Crippen LogP contribution in [0.2, 0.25) is 0 Å².